The van der Waals surface area contributed by atoms with Gasteiger partial charge in [-0.1, -0.05) is 29.8 Å². The Bertz CT molecular complexity index is 823. The van der Waals surface area contributed by atoms with E-state index >= 15 is 0 Å². The molecule has 3 nitrogen and oxygen atoms in total. The van der Waals surface area contributed by atoms with E-state index in [1.54, 1.807) is 6.07 Å². The fourth-order valence-corrected chi connectivity index (χ4v) is 4.10. The summed E-state index contributed by atoms with van der Waals surface area (Å²) < 4.78 is 20.3. The van der Waals surface area contributed by atoms with Gasteiger partial charge in [0.1, 0.15) is 5.82 Å². The van der Waals surface area contributed by atoms with Gasteiger partial charge in [0, 0.05) is 23.4 Å². The Morgan fingerprint density at radius 3 is 2.62 bits per heavy atom. The summed E-state index contributed by atoms with van der Waals surface area (Å²) >= 11 is 6.29. The number of halogens is 2. The number of aryl methyl sites for hydroxylation is 2. The number of ether oxygens (including phenoxy) is 1. The van der Waals surface area contributed by atoms with Crippen molar-refractivity contribution >= 4 is 11.6 Å². The molecule has 2 aromatic rings. The van der Waals surface area contributed by atoms with E-state index in [-0.39, 0.29) is 6.61 Å². The SMILES string of the molecule is OCC1CC(O)CC(c2cc(Cc3ccc4c(c3)CC4)c(Cl)cc2F)O1. The van der Waals surface area contributed by atoms with Crippen LogP contribution in [0.15, 0.2) is 30.3 Å². The highest BCUT2D eigenvalue weighted by molar-refractivity contribution is 6.31. The molecule has 2 N–H and O–H groups in total. The average molecular weight is 377 g/mol. The van der Waals surface area contributed by atoms with Crippen molar-refractivity contribution in [3.63, 3.8) is 0 Å². The first-order valence-electron chi connectivity index (χ1n) is 9.06. The molecule has 26 heavy (non-hydrogen) atoms. The molecule has 1 aliphatic heterocycles. The molecule has 3 unspecified atom stereocenters. The lowest BCUT2D eigenvalue weighted by molar-refractivity contribution is -0.114. The number of hydrogen-bond acceptors (Lipinski definition) is 3. The topological polar surface area (TPSA) is 49.7 Å². The van der Waals surface area contributed by atoms with Gasteiger partial charge in [0.05, 0.1) is 24.9 Å². The fraction of sp³-hybridized carbons (Fsp3) is 0.429. The molecule has 0 aromatic heterocycles. The number of aliphatic hydroxyl groups is 2. The lowest BCUT2D eigenvalue weighted by Gasteiger charge is -2.33. The van der Waals surface area contributed by atoms with Gasteiger partial charge in [-0.15, -0.1) is 0 Å². The molecule has 1 fully saturated rings. The maximum absolute atomic E-state index is 14.5. The highest BCUT2D eigenvalue weighted by Crippen LogP contribution is 2.36. The van der Waals surface area contributed by atoms with Gasteiger partial charge in [0.15, 0.2) is 0 Å². The van der Waals surface area contributed by atoms with Crippen molar-refractivity contribution in [1.82, 2.24) is 0 Å². The van der Waals surface area contributed by atoms with Gasteiger partial charge < -0.3 is 14.9 Å². The van der Waals surface area contributed by atoms with Crippen LogP contribution >= 0.6 is 11.6 Å². The van der Waals surface area contributed by atoms with Crippen LogP contribution in [0, 0.1) is 5.82 Å². The van der Waals surface area contributed by atoms with Gasteiger partial charge in [-0.25, -0.2) is 4.39 Å². The molecule has 0 bridgehead atoms. The summed E-state index contributed by atoms with van der Waals surface area (Å²) in [4.78, 5) is 0. The molecule has 0 radical (unpaired) electrons. The second kappa shape index (κ2) is 7.28. The van der Waals surface area contributed by atoms with Crippen molar-refractivity contribution in [2.24, 2.45) is 0 Å². The predicted octanol–water partition coefficient (Wildman–Crippen LogP) is 3.74. The van der Waals surface area contributed by atoms with Gasteiger partial charge in [-0.3, -0.25) is 0 Å². The third-order valence-electron chi connectivity index (χ3n) is 5.42. The second-order valence-electron chi connectivity index (χ2n) is 7.30. The third-order valence-corrected chi connectivity index (χ3v) is 5.77. The molecule has 3 atom stereocenters. The zero-order valence-corrected chi connectivity index (χ0v) is 15.2. The van der Waals surface area contributed by atoms with Crippen molar-refractivity contribution in [3.8, 4) is 0 Å². The second-order valence-corrected chi connectivity index (χ2v) is 7.71. The minimum absolute atomic E-state index is 0.190. The molecule has 1 heterocycles. The highest BCUT2D eigenvalue weighted by atomic mass is 35.5. The van der Waals surface area contributed by atoms with Crippen LogP contribution in [0.3, 0.4) is 0 Å². The molecule has 4 rings (SSSR count). The molecule has 2 aliphatic rings. The van der Waals surface area contributed by atoms with Crippen LogP contribution in [0.1, 0.15) is 46.8 Å². The summed E-state index contributed by atoms with van der Waals surface area (Å²) in [6.45, 7) is -0.190. The molecule has 0 spiro atoms. The lowest BCUT2D eigenvalue weighted by atomic mass is 9.86. The van der Waals surface area contributed by atoms with Gasteiger partial charge >= 0.3 is 0 Å². The van der Waals surface area contributed by atoms with E-state index < -0.39 is 24.1 Å². The van der Waals surface area contributed by atoms with Crippen LogP contribution in [0.4, 0.5) is 4.39 Å². The summed E-state index contributed by atoms with van der Waals surface area (Å²) in [6, 6.07) is 9.51. The van der Waals surface area contributed by atoms with Gasteiger partial charge in [-0.05, 0) is 53.6 Å². The van der Waals surface area contributed by atoms with E-state index in [2.05, 4.69) is 18.2 Å². The summed E-state index contributed by atoms with van der Waals surface area (Å²) in [6.07, 6.45) is 1.89. The molecular weight excluding hydrogens is 355 g/mol. The normalized spacial score (nSPS) is 24.8. The zero-order valence-electron chi connectivity index (χ0n) is 14.4. The van der Waals surface area contributed by atoms with Crippen molar-refractivity contribution in [2.75, 3.05) is 6.61 Å². The third kappa shape index (κ3) is 3.52. The number of aliphatic hydroxyl groups excluding tert-OH is 2. The van der Waals surface area contributed by atoms with Crippen molar-refractivity contribution in [3.05, 3.63) is 69.0 Å². The minimum Gasteiger partial charge on any atom is -0.394 e. The largest absolute Gasteiger partial charge is 0.394 e. The predicted molar refractivity (Wildman–Crippen MR) is 98.0 cm³/mol. The van der Waals surface area contributed by atoms with Crippen molar-refractivity contribution < 1.29 is 19.3 Å². The minimum atomic E-state index is -0.614. The van der Waals surface area contributed by atoms with Gasteiger partial charge in [0.25, 0.3) is 0 Å². The molecule has 138 valence electrons. The van der Waals surface area contributed by atoms with E-state index in [9.17, 15) is 14.6 Å². The van der Waals surface area contributed by atoms with E-state index in [1.807, 2.05) is 0 Å². The first-order valence-corrected chi connectivity index (χ1v) is 9.44. The smallest absolute Gasteiger partial charge is 0.130 e. The van der Waals surface area contributed by atoms with E-state index in [1.165, 1.54) is 17.2 Å². The maximum Gasteiger partial charge on any atom is 0.130 e. The van der Waals surface area contributed by atoms with E-state index in [0.29, 0.717) is 29.8 Å². The molecule has 5 heteroatoms. The van der Waals surface area contributed by atoms with Crippen LogP contribution < -0.4 is 0 Å². The Hall–Kier alpha value is -1.46. The number of benzene rings is 2. The quantitative estimate of drug-likeness (QED) is 0.854. The number of hydrogen-bond donors (Lipinski definition) is 2. The molecular formula is C21H22ClFO3. The molecule has 0 saturated carbocycles. The van der Waals surface area contributed by atoms with E-state index in [0.717, 1.165) is 24.0 Å². The first kappa shape index (κ1) is 17.9. The van der Waals surface area contributed by atoms with E-state index in [4.69, 9.17) is 16.3 Å². The maximum atomic E-state index is 14.5. The summed E-state index contributed by atoms with van der Waals surface area (Å²) in [5, 5.41) is 19.7. The first-order chi connectivity index (χ1) is 12.5. The van der Waals surface area contributed by atoms with Gasteiger partial charge in [-0.2, -0.15) is 0 Å². The van der Waals surface area contributed by atoms with Crippen LogP contribution in [-0.2, 0) is 24.0 Å². The summed E-state index contributed by atoms with van der Waals surface area (Å²) in [7, 11) is 0. The fourth-order valence-electron chi connectivity index (χ4n) is 3.88. The van der Waals surface area contributed by atoms with Crippen LogP contribution in [0.5, 0.6) is 0 Å². The van der Waals surface area contributed by atoms with Crippen LogP contribution in [-0.4, -0.2) is 29.0 Å². The molecule has 0 amide bonds. The Labute approximate surface area is 157 Å². The molecule has 1 saturated heterocycles. The van der Waals surface area contributed by atoms with Crippen LogP contribution in [0.25, 0.3) is 0 Å². The Morgan fingerprint density at radius 2 is 1.92 bits per heavy atom. The summed E-state index contributed by atoms with van der Waals surface area (Å²) in [5.74, 6) is -0.438. The molecule has 1 aliphatic carbocycles. The Kier molecular flexibility index (Phi) is 5.02. The number of rotatable bonds is 4. The monoisotopic (exact) mass is 376 g/mol. The highest BCUT2D eigenvalue weighted by Gasteiger charge is 2.31. The zero-order chi connectivity index (χ0) is 18.3. The lowest BCUT2D eigenvalue weighted by Crippen LogP contribution is -2.33. The number of fused-ring (bicyclic) bond motifs is 1. The molecule has 2 aromatic carbocycles. The standard InChI is InChI=1S/C21H22ClFO3/c22-19-10-20(23)18(21-9-16(25)8-17(11-24)26-21)7-15(19)6-12-1-2-13-3-4-14(13)5-12/h1-2,5,7,10,16-17,21,24-25H,3-4,6,8-9,11H2. The van der Waals surface area contributed by atoms with Crippen molar-refractivity contribution in [2.45, 2.75) is 50.4 Å². The average Bonchev–Trinajstić information content (AvgIpc) is 2.59. The Morgan fingerprint density at radius 1 is 1.12 bits per heavy atom. The van der Waals surface area contributed by atoms with Crippen molar-refractivity contribution in [1.29, 1.82) is 0 Å². The Balaban J connectivity index is 1.61. The van der Waals surface area contributed by atoms with Crippen LogP contribution in [0.2, 0.25) is 5.02 Å². The van der Waals surface area contributed by atoms with Gasteiger partial charge in [0.2, 0.25) is 0 Å². The summed E-state index contributed by atoms with van der Waals surface area (Å²) in [5.41, 5.74) is 5.17.